The van der Waals surface area contributed by atoms with Crippen molar-refractivity contribution in [3.8, 4) is 0 Å². The van der Waals surface area contributed by atoms with Crippen molar-refractivity contribution >= 4 is 28.7 Å². The van der Waals surface area contributed by atoms with Crippen molar-refractivity contribution in [2.45, 2.75) is 32.8 Å². The zero-order chi connectivity index (χ0) is 27.4. The van der Waals surface area contributed by atoms with Crippen LogP contribution in [0.5, 0.6) is 0 Å². The number of aromatic amines is 1. The fourth-order valence-corrected chi connectivity index (χ4v) is 4.25. The fourth-order valence-electron chi connectivity index (χ4n) is 4.25. The van der Waals surface area contributed by atoms with E-state index < -0.39 is 23.4 Å². The molecule has 1 saturated heterocycles. The van der Waals surface area contributed by atoms with Crippen molar-refractivity contribution in [3.05, 3.63) is 75.5 Å². The number of halogens is 1. The van der Waals surface area contributed by atoms with Crippen LogP contribution in [0.15, 0.2) is 47.3 Å². The third kappa shape index (κ3) is 6.34. The van der Waals surface area contributed by atoms with Crippen LogP contribution in [0.2, 0.25) is 0 Å². The Morgan fingerprint density at radius 3 is 2.37 bits per heavy atom. The first kappa shape index (κ1) is 26.8. The van der Waals surface area contributed by atoms with E-state index >= 15 is 0 Å². The summed E-state index contributed by atoms with van der Waals surface area (Å²) in [5.41, 5.74) is 0.245. The average molecular weight is 524 g/mol. The van der Waals surface area contributed by atoms with E-state index in [4.69, 9.17) is 4.74 Å². The highest BCUT2D eigenvalue weighted by molar-refractivity contribution is 5.95. The smallest absolute Gasteiger partial charge is 0.408 e. The van der Waals surface area contributed by atoms with Crippen LogP contribution >= 0.6 is 0 Å². The Morgan fingerprint density at radius 2 is 1.68 bits per heavy atom. The van der Waals surface area contributed by atoms with Gasteiger partial charge in [0, 0.05) is 38.0 Å². The monoisotopic (exact) mass is 523 g/mol. The van der Waals surface area contributed by atoms with Crippen molar-refractivity contribution in [2.24, 2.45) is 0 Å². The highest BCUT2D eigenvalue weighted by Crippen LogP contribution is 2.20. The number of ether oxygens (including phenoxy) is 1. The number of carbonyl (C=O) groups excluding carboxylic acids is 3. The topological polar surface area (TPSA) is 125 Å². The molecule has 4 rings (SSSR count). The molecule has 2 N–H and O–H groups in total. The minimum Gasteiger partial charge on any atom is -0.444 e. The van der Waals surface area contributed by atoms with Crippen molar-refractivity contribution in [2.75, 3.05) is 32.7 Å². The Kier molecular flexibility index (Phi) is 7.75. The van der Waals surface area contributed by atoms with Gasteiger partial charge in [-0.05, 0) is 44.5 Å². The van der Waals surface area contributed by atoms with Gasteiger partial charge in [0.25, 0.3) is 11.5 Å². The molecule has 2 heterocycles. The minimum absolute atomic E-state index is 0.0670. The Labute approximate surface area is 218 Å². The molecule has 200 valence electrons. The lowest BCUT2D eigenvalue weighted by Crippen LogP contribution is -2.52. The summed E-state index contributed by atoms with van der Waals surface area (Å²) in [7, 11) is 0. The molecule has 1 fully saturated rings. The second kappa shape index (κ2) is 11.0. The molecule has 1 aliphatic rings. The predicted molar refractivity (Wildman–Crippen MR) is 138 cm³/mol. The second-order valence-corrected chi connectivity index (χ2v) is 10.1. The van der Waals surface area contributed by atoms with Gasteiger partial charge < -0.3 is 19.9 Å². The molecule has 0 unspecified atom stereocenters. The molecule has 0 bridgehead atoms. The molecular formula is C27H30FN5O5. The quantitative estimate of drug-likeness (QED) is 0.530. The summed E-state index contributed by atoms with van der Waals surface area (Å²) >= 11 is 0. The number of amides is 3. The van der Waals surface area contributed by atoms with Crippen molar-refractivity contribution in [3.63, 3.8) is 0 Å². The van der Waals surface area contributed by atoms with Crippen LogP contribution in [0.4, 0.5) is 9.18 Å². The summed E-state index contributed by atoms with van der Waals surface area (Å²) in [4.78, 5) is 52.5. The van der Waals surface area contributed by atoms with E-state index in [1.807, 2.05) is 6.07 Å². The average Bonchev–Trinajstić information content (AvgIpc) is 2.89. The molecule has 3 amide bonds. The number of piperazine rings is 1. The number of nitrogens with one attached hydrogen (secondary N) is 2. The maximum atomic E-state index is 14.7. The Balaban J connectivity index is 1.38. The van der Waals surface area contributed by atoms with E-state index in [2.05, 4.69) is 15.5 Å². The number of H-pyrrole nitrogens is 1. The highest BCUT2D eigenvalue weighted by Gasteiger charge is 2.27. The Hall–Kier alpha value is -4.28. The summed E-state index contributed by atoms with van der Waals surface area (Å²) in [6, 6.07) is 11.4. The molecule has 10 nitrogen and oxygen atoms in total. The van der Waals surface area contributed by atoms with Gasteiger partial charge in [-0.1, -0.05) is 24.3 Å². The van der Waals surface area contributed by atoms with Crippen molar-refractivity contribution in [1.82, 2.24) is 25.3 Å². The van der Waals surface area contributed by atoms with Crippen molar-refractivity contribution < 1.29 is 23.5 Å². The van der Waals surface area contributed by atoms with Crippen molar-refractivity contribution in [1.29, 1.82) is 0 Å². The first-order chi connectivity index (χ1) is 18.0. The van der Waals surface area contributed by atoms with E-state index in [1.54, 1.807) is 49.9 Å². The summed E-state index contributed by atoms with van der Waals surface area (Å²) in [6.07, 6.45) is -0.384. The minimum atomic E-state index is -0.680. The predicted octanol–water partition coefficient (Wildman–Crippen LogP) is 2.46. The third-order valence-corrected chi connectivity index (χ3v) is 6.11. The van der Waals surface area contributed by atoms with E-state index in [-0.39, 0.29) is 49.8 Å². The van der Waals surface area contributed by atoms with Gasteiger partial charge in [0.2, 0.25) is 5.91 Å². The molecule has 2 aromatic carbocycles. The van der Waals surface area contributed by atoms with Crippen LogP contribution in [0.1, 0.15) is 42.4 Å². The number of fused-ring (bicyclic) bond motifs is 1. The lowest BCUT2D eigenvalue weighted by Gasteiger charge is -2.35. The molecule has 1 aromatic heterocycles. The Bertz CT molecular complexity index is 1420. The summed E-state index contributed by atoms with van der Waals surface area (Å²) in [5.74, 6) is -1.41. The molecule has 1 aliphatic heterocycles. The first-order valence-electron chi connectivity index (χ1n) is 12.3. The van der Waals surface area contributed by atoms with Gasteiger partial charge in [-0.3, -0.25) is 14.4 Å². The van der Waals surface area contributed by atoms with Gasteiger partial charge in [0.15, 0.2) is 0 Å². The lowest BCUT2D eigenvalue weighted by atomic mass is 10.0. The molecule has 0 atom stereocenters. The summed E-state index contributed by atoms with van der Waals surface area (Å²) < 4.78 is 19.8. The maximum Gasteiger partial charge on any atom is 0.408 e. The number of carbonyl (C=O) groups is 3. The van der Waals surface area contributed by atoms with Crippen LogP contribution in [-0.2, 0) is 16.0 Å². The standard InChI is InChI=1S/C27H30FN5O5/c1-27(2,3)38-26(37)29-16-23(34)32-10-12-33(13-11-32)25(36)20-14-17(8-9-21(20)28)15-22-18-6-4-5-7-19(18)24(35)31-30-22/h4-9,14H,10-13,15-16H2,1-3H3,(H,29,37)(H,31,35). The molecule has 0 aliphatic carbocycles. The fraction of sp³-hybridized carbons (Fsp3) is 0.370. The molecule has 11 heteroatoms. The van der Waals surface area contributed by atoms with Crippen LogP contribution in [0.3, 0.4) is 0 Å². The Morgan fingerprint density at radius 1 is 1.03 bits per heavy atom. The lowest BCUT2D eigenvalue weighted by molar-refractivity contribution is -0.131. The second-order valence-electron chi connectivity index (χ2n) is 10.1. The maximum absolute atomic E-state index is 14.7. The van der Waals surface area contributed by atoms with Crippen LogP contribution in [0.25, 0.3) is 10.8 Å². The van der Waals surface area contributed by atoms with Crippen LogP contribution < -0.4 is 10.9 Å². The number of nitrogens with zero attached hydrogens (tertiary/aromatic N) is 3. The number of alkyl carbamates (subject to hydrolysis) is 1. The van der Waals surface area contributed by atoms with Gasteiger partial charge in [-0.15, -0.1) is 0 Å². The first-order valence-corrected chi connectivity index (χ1v) is 12.3. The number of hydrogen-bond acceptors (Lipinski definition) is 6. The summed E-state index contributed by atoms with van der Waals surface area (Å²) in [6.45, 7) is 5.94. The van der Waals surface area contributed by atoms with E-state index in [0.717, 1.165) is 0 Å². The van der Waals surface area contributed by atoms with E-state index in [1.165, 1.54) is 17.0 Å². The van der Waals surface area contributed by atoms with Gasteiger partial charge in [-0.2, -0.15) is 5.10 Å². The normalized spacial score (nSPS) is 13.9. The SMILES string of the molecule is CC(C)(C)OC(=O)NCC(=O)N1CCN(C(=O)c2cc(Cc3n[nH]c(=O)c4ccccc34)ccc2F)CC1. The highest BCUT2D eigenvalue weighted by atomic mass is 19.1. The zero-order valence-electron chi connectivity index (χ0n) is 21.5. The van der Waals surface area contributed by atoms with Crippen LogP contribution in [0, 0.1) is 5.82 Å². The molecular weight excluding hydrogens is 493 g/mol. The number of benzene rings is 2. The molecule has 0 spiro atoms. The number of aromatic nitrogens is 2. The van der Waals surface area contributed by atoms with E-state index in [0.29, 0.717) is 28.5 Å². The molecule has 38 heavy (non-hydrogen) atoms. The van der Waals surface area contributed by atoms with Gasteiger partial charge in [-0.25, -0.2) is 14.3 Å². The third-order valence-electron chi connectivity index (χ3n) is 6.11. The van der Waals surface area contributed by atoms with E-state index in [9.17, 15) is 23.6 Å². The largest absolute Gasteiger partial charge is 0.444 e. The zero-order valence-corrected chi connectivity index (χ0v) is 21.5. The molecule has 0 saturated carbocycles. The molecule has 3 aromatic rings. The molecule has 0 radical (unpaired) electrons. The van der Waals surface area contributed by atoms with Gasteiger partial charge in [0.1, 0.15) is 18.0 Å². The number of rotatable bonds is 5. The number of hydrogen-bond donors (Lipinski definition) is 2. The van der Waals surface area contributed by atoms with Gasteiger partial charge in [0.05, 0.1) is 16.6 Å². The van der Waals surface area contributed by atoms with Gasteiger partial charge >= 0.3 is 6.09 Å². The van der Waals surface area contributed by atoms with Crippen LogP contribution in [-0.4, -0.2) is 76.2 Å². The summed E-state index contributed by atoms with van der Waals surface area (Å²) in [5, 5.41) is 10.3.